The third kappa shape index (κ3) is 6.77. The molecule has 1 amide bonds. The topological polar surface area (TPSA) is 112 Å². The Balaban J connectivity index is 1.32. The highest BCUT2D eigenvalue weighted by Crippen LogP contribution is 2.52. The summed E-state index contributed by atoms with van der Waals surface area (Å²) in [6.45, 7) is 1.06. The number of carbonyl (C=O) groups is 2. The average molecular weight is 478 g/mol. The van der Waals surface area contributed by atoms with Crippen LogP contribution >= 0.6 is 0 Å². The number of ether oxygens (including phenoxy) is 1. The number of alkyl carbamates (subject to hydrolysis) is 1. The summed E-state index contributed by atoms with van der Waals surface area (Å²) in [7, 11) is 0. The van der Waals surface area contributed by atoms with Crippen molar-refractivity contribution >= 4 is 12.1 Å². The van der Waals surface area contributed by atoms with Crippen LogP contribution in [0.2, 0.25) is 0 Å². The zero-order chi connectivity index (χ0) is 24.6. The molecular formula is C23H25F3N4O4. The largest absolute Gasteiger partial charge is 0.480 e. The molecule has 8 nitrogen and oxygen atoms in total. The summed E-state index contributed by atoms with van der Waals surface area (Å²) in [5, 5.41) is 21.2. The first-order valence-electron chi connectivity index (χ1n) is 10.7. The van der Waals surface area contributed by atoms with Gasteiger partial charge in [0.2, 0.25) is 0 Å². The van der Waals surface area contributed by atoms with Gasteiger partial charge in [0, 0.05) is 12.1 Å². The fourth-order valence-electron chi connectivity index (χ4n) is 3.29. The second-order valence-electron chi connectivity index (χ2n) is 7.84. The van der Waals surface area contributed by atoms with E-state index in [2.05, 4.69) is 20.9 Å². The lowest BCUT2D eigenvalue weighted by molar-refractivity contribution is -0.166. The van der Waals surface area contributed by atoms with Crippen LogP contribution in [0, 0.1) is 0 Å². The molecule has 0 bridgehead atoms. The summed E-state index contributed by atoms with van der Waals surface area (Å²) < 4.78 is 44.1. The summed E-state index contributed by atoms with van der Waals surface area (Å²) in [4.78, 5) is 23.3. The van der Waals surface area contributed by atoms with Crippen LogP contribution in [-0.4, -0.2) is 35.9 Å². The van der Waals surface area contributed by atoms with Gasteiger partial charge in [-0.2, -0.15) is 13.2 Å². The zero-order valence-corrected chi connectivity index (χ0v) is 18.2. The number of halogens is 3. The van der Waals surface area contributed by atoms with Crippen LogP contribution in [0.5, 0.6) is 0 Å². The van der Waals surface area contributed by atoms with E-state index in [0.717, 1.165) is 11.1 Å². The molecule has 2 aromatic carbocycles. The molecule has 11 heteroatoms. The first kappa shape index (κ1) is 25.2. The van der Waals surface area contributed by atoms with Crippen LogP contribution in [0.25, 0.3) is 0 Å². The quantitative estimate of drug-likeness (QED) is 0.389. The number of unbranched alkanes of at least 4 members (excludes halogenated alkanes) is 1. The van der Waals surface area contributed by atoms with Crippen LogP contribution in [0.3, 0.4) is 0 Å². The van der Waals surface area contributed by atoms with Crippen molar-refractivity contribution < 1.29 is 32.6 Å². The average Bonchev–Trinajstić information content (AvgIpc) is 3.62. The van der Waals surface area contributed by atoms with Crippen molar-refractivity contribution in [3.8, 4) is 0 Å². The van der Waals surface area contributed by atoms with Gasteiger partial charge in [0.05, 0.1) is 0 Å². The fourth-order valence-corrected chi connectivity index (χ4v) is 3.29. The van der Waals surface area contributed by atoms with E-state index in [1.165, 1.54) is 12.1 Å². The lowest BCUT2D eigenvalue weighted by atomic mass is 10.0. The standard InChI is InChI=1S/C23H25F3N4O4/c24-23(25,26)22(29-30-22)18-11-9-16(10-12-18)14-27-13-5-4-8-19(20(31)32)28-21(33)34-15-17-6-2-1-3-7-17/h1-3,6-7,9-12,19,27H,4-5,8,13-15H2,(H,28,33)(H,31,32)/t19-/m0/s1. The van der Waals surface area contributed by atoms with Crippen LogP contribution < -0.4 is 10.6 Å². The predicted molar refractivity (Wildman–Crippen MR) is 116 cm³/mol. The second-order valence-corrected chi connectivity index (χ2v) is 7.84. The molecule has 0 radical (unpaired) electrons. The van der Waals surface area contributed by atoms with Gasteiger partial charge in [0.15, 0.2) is 0 Å². The molecule has 0 spiro atoms. The van der Waals surface area contributed by atoms with Crippen molar-refractivity contribution in [1.82, 2.24) is 10.6 Å². The number of benzene rings is 2. The Morgan fingerprint density at radius 1 is 1.00 bits per heavy atom. The van der Waals surface area contributed by atoms with Gasteiger partial charge in [-0.3, -0.25) is 0 Å². The lowest BCUT2D eigenvalue weighted by Gasteiger charge is -2.15. The minimum absolute atomic E-state index is 0.0155. The van der Waals surface area contributed by atoms with E-state index in [-0.39, 0.29) is 18.6 Å². The molecule has 0 aromatic heterocycles. The number of hydrogen-bond donors (Lipinski definition) is 3. The molecule has 1 aliphatic rings. The molecule has 3 N–H and O–H groups in total. The molecule has 182 valence electrons. The first-order chi connectivity index (χ1) is 16.2. The maximum atomic E-state index is 13.0. The highest BCUT2D eigenvalue weighted by molar-refractivity contribution is 5.79. The third-order valence-electron chi connectivity index (χ3n) is 5.28. The van der Waals surface area contributed by atoms with Gasteiger partial charge in [0.25, 0.3) is 0 Å². The van der Waals surface area contributed by atoms with E-state index in [0.29, 0.717) is 25.9 Å². The number of alkyl halides is 3. The summed E-state index contributed by atoms with van der Waals surface area (Å²) in [5.41, 5.74) is -0.837. The van der Waals surface area contributed by atoms with Gasteiger partial charge in [-0.15, -0.1) is 10.2 Å². The third-order valence-corrected chi connectivity index (χ3v) is 5.28. The SMILES string of the molecule is O=C(N[C@@H](CCCCNCc1ccc(C2(C(F)(F)F)N=N2)cc1)C(=O)O)OCc1ccccc1. The number of rotatable bonds is 12. The van der Waals surface area contributed by atoms with Gasteiger partial charge >= 0.3 is 23.9 Å². The molecule has 3 rings (SSSR count). The molecule has 0 unspecified atom stereocenters. The van der Waals surface area contributed by atoms with Crippen LogP contribution in [0.1, 0.15) is 36.0 Å². The van der Waals surface area contributed by atoms with Crippen molar-refractivity contribution in [1.29, 1.82) is 0 Å². The molecule has 34 heavy (non-hydrogen) atoms. The fraction of sp³-hybridized carbons (Fsp3) is 0.391. The predicted octanol–water partition coefficient (Wildman–Crippen LogP) is 4.51. The minimum Gasteiger partial charge on any atom is -0.480 e. The minimum atomic E-state index is -4.55. The molecule has 2 aromatic rings. The molecule has 1 heterocycles. The normalized spacial score (nSPS) is 14.9. The van der Waals surface area contributed by atoms with Crippen LogP contribution in [0.15, 0.2) is 64.8 Å². The number of carbonyl (C=O) groups excluding carboxylic acids is 1. The Morgan fingerprint density at radius 2 is 1.68 bits per heavy atom. The Morgan fingerprint density at radius 3 is 2.26 bits per heavy atom. The van der Waals surface area contributed by atoms with Crippen molar-refractivity contribution in [3.63, 3.8) is 0 Å². The maximum absolute atomic E-state index is 13.0. The first-order valence-corrected chi connectivity index (χ1v) is 10.7. The number of hydrogen-bond acceptors (Lipinski definition) is 6. The van der Waals surface area contributed by atoms with E-state index in [9.17, 15) is 27.9 Å². The summed E-state index contributed by atoms with van der Waals surface area (Å²) in [6.07, 6.45) is -3.92. The van der Waals surface area contributed by atoms with Crippen LogP contribution in [-0.2, 0) is 28.3 Å². The van der Waals surface area contributed by atoms with Crippen molar-refractivity contribution in [2.24, 2.45) is 10.2 Å². The van der Waals surface area contributed by atoms with E-state index in [1.807, 2.05) is 18.2 Å². The second kappa shape index (κ2) is 11.1. The highest BCUT2D eigenvalue weighted by atomic mass is 19.4. The molecule has 0 fully saturated rings. The summed E-state index contributed by atoms with van der Waals surface area (Å²) in [6, 6.07) is 13.9. The van der Waals surface area contributed by atoms with Crippen molar-refractivity contribution in [2.75, 3.05) is 6.54 Å². The van der Waals surface area contributed by atoms with E-state index in [4.69, 9.17) is 4.74 Å². The maximum Gasteiger partial charge on any atom is 0.442 e. The molecule has 1 atom stereocenters. The number of nitrogens with one attached hydrogen (secondary N) is 2. The van der Waals surface area contributed by atoms with Crippen molar-refractivity contribution in [3.05, 3.63) is 71.3 Å². The van der Waals surface area contributed by atoms with E-state index in [1.54, 1.807) is 24.3 Å². The number of carboxylic acids is 1. The zero-order valence-electron chi connectivity index (χ0n) is 18.2. The molecule has 1 aliphatic heterocycles. The van der Waals surface area contributed by atoms with E-state index < -0.39 is 29.9 Å². The molecule has 0 saturated heterocycles. The number of carboxylic acid groups (broad SMARTS) is 1. The van der Waals surface area contributed by atoms with Crippen molar-refractivity contribution in [2.45, 2.75) is 50.3 Å². The Hall–Kier alpha value is -3.47. The van der Waals surface area contributed by atoms with Gasteiger partial charge in [-0.05, 0) is 36.9 Å². The lowest BCUT2D eigenvalue weighted by Crippen LogP contribution is -2.41. The van der Waals surface area contributed by atoms with Gasteiger partial charge < -0.3 is 20.5 Å². The van der Waals surface area contributed by atoms with Crippen LogP contribution in [0.4, 0.5) is 18.0 Å². The number of aliphatic carboxylic acids is 1. The number of nitrogens with zero attached hydrogens (tertiary/aromatic N) is 2. The summed E-state index contributed by atoms with van der Waals surface area (Å²) >= 11 is 0. The summed E-state index contributed by atoms with van der Waals surface area (Å²) in [5.74, 6) is -1.14. The highest BCUT2D eigenvalue weighted by Gasteiger charge is 2.65. The monoisotopic (exact) mass is 478 g/mol. The molecule has 0 aliphatic carbocycles. The Bertz CT molecular complexity index is 992. The smallest absolute Gasteiger partial charge is 0.442 e. The molecule has 0 saturated carbocycles. The Labute approximate surface area is 194 Å². The Kier molecular flexibility index (Phi) is 8.21. The van der Waals surface area contributed by atoms with Gasteiger partial charge in [-0.1, -0.05) is 54.6 Å². The molecular weight excluding hydrogens is 453 g/mol. The van der Waals surface area contributed by atoms with Gasteiger partial charge in [-0.25, -0.2) is 9.59 Å². The number of amides is 1. The van der Waals surface area contributed by atoms with Gasteiger partial charge in [0.1, 0.15) is 12.6 Å². The van der Waals surface area contributed by atoms with E-state index >= 15 is 0 Å².